The van der Waals surface area contributed by atoms with Crippen molar-refractivity contribution < 1.29 is 9.26 Å². The Kier molecular flexibility index (Phi) is 3.80. The number of aromatic nitrogens is 4. The zero-order valence-electron chi connectivity index (χ0n) is 12.8. The molecule has 0 amide bonds. The van der Waals surface area contributed by atoms with Gasteiger partial charge in [-0.1, -0.05) is 5.16 Å². The maximum Gasteiger partial charge on any atom is 0.264 e. The second-order valence-electron chi connectivity index (χ2n) is 5.03. The van der Waals surface area contributed by atoms with E-state index in [1.54, 1.807) is 24.6 Å². The molecule has 4 rings (SSSR count). The molecule has 0 fully saturated rings. The van der Waals surface area contributed by atoms with Gasteiger partial charge in [0, 0.05) is 5.69 Å². The highest BCUT2D eigenvalue weighted by molar-refractivity contribution is 7.17. The molecule has 120 valence electrons. The van der Waals surface area contributed by atoms with Gasteiger partial charge in [0.1, 0.15) is 12.1 Å². The van der Waals surface area contributed by atoms with Crippen molar-refractivity contribution in [2.75, 3.05) is 5.32 Å². The average molecular weight is 339 g/mol. The van der Waals surface area contributed by atoms with Gasteiger partial charge in [-0.15, -0.1) is 11.3 Å². The topological polar surface area (TPSA) is 86.0 Å². The van der Waals surface area contributed by atoms with Crippen molar-refractivity contribution in [3.63, 3.8) is 0 Å². The summed E-state index contributed by atoms with van der Waals surface area (Å²) in [5, 5.41) is 9.02. The Balaban J connectivity index is 1.44. The molecule has 0 aliphatic carbocycles. The predicted molar refractivity (Wildman–Crippen MR) is 90.5 cm³/mol. The van der Waals surface area contributed by atoms with Crippen molar-refractivity contribution in [3.8, 4) is 5.75 Å². The minimum Gasteiger partial charge on any atom is -0.484 e. The first-order valence-corrected chi connectivity index (χ1v) is 8.13. The largest absolute Gasteiger partial charge is 0.484 e. The van der Waals surface area contributed by atoms with Crippen molar-refractivity contribution >= 4 is 33.1 Å². The fraction of sp³-hybridized carbons (Fsp3) is 0.125. The number of hydrogen-bond donors (Lipinski definition) is 1. The van der Waals surface area contributed by atoms with Crippen LogP contribution in [0.2, 0.25) is 0 Å². The van der Waals surface area contributed by atoms with E-state index < -0.39 is 0 Å². The van der Waals surface area contributed by atoms with Gasteiger partial charge in [0.25, 0.3) is 5.89 Å². The number of rotatable bonds is 5. The van der Waals surface area contributed by atoms with E-state index in [0.29, 0.717) is 11.7 Å². The van der Waals surface area contributed by atoms with E-state index in [0.717, 1.165) is 27.5 Å². The summed E-state index contributed by atoms with van der Waals surface area (Å²) in [4.78, 5) is 12.6. The molecule has 0 atom stereocenters. The van der Waals surface area contributed by atoms with E-state index in [4.69, 9.17) is 9.26 Å². The van der Waals surface area contributed by atoms with Gasteiger partial charge >= 0.3 is 0 Å². The SMILES string of the molecule is Cc1noc(COc2ccc(Nc3ncnc4ccsc34)cc2)n1. The van der Waals surface area contributed by atoms with E-state index in [1.165, 1.54) is 0 Å². The lowest BCUT2D eigenvalue weighted by Gasteiger charge is -2.08. The minimum atomic E-state index is 0.245. The van der Waals surface area contributed by atoms with E-state index in [1.807, 2.05) is 35.7 Å². The monoisotopic (exact) mass is 339 g/mol. The van der Waals surface area contributed by atoms with E-state index in [-0.39, 0.29) is 6.61 Å². The third kappa shape index (κ3) is 3.04. The van der Waals surface area contributed by atoms with Crippen LogP contribution in [0.3, 0.4) is 0 Å². The van der Waals surface area contributed by atoms with Gasteiger partial charge in [-0.25, -0.2) is 9.97 Å². The van der Waals surface area contributed by atoms with Crippen molar-refractivity contribution in [3.05, 3.63) is 53.8 Å². The maximum atomic E-state index is 5.62. The first kappa shape index (κ1) is 14.6. The molecule has 4 aromatic rings. The lowest BCUT2D eigenvalue weighted by atomic mass is 10.3. The number of nitrogens with zero attached hydrogens (tertiary/aromatic N) is 4. The molecule has 0 aliphatic rings. The number of nitrogens with one attached hydrogen (secondary N) is 1. The van der Waals surface area contributed by atoms with Crippen LogP contribution < -0.4 is 10.1 Å². The van der Waals surface area contributed by atoms with Crippen LogP contribution in [-0.2, 0) is 6.61 Å². The van der Waals surface area contributed by atoms with Crippen LogP contribution in [-0.4, -0.2) is 20.1 Å². The first-order chi connectivity index (χ1) is 11.8. The molecule has 3 aromatic heterocycles. The number of aryl methyl sites for hydroxylation is 1. The van der Waals surface area contributed by atoms with Crippen LogP contribution in [0.1, 0.15) is 11.7 Å². The summed E-state index contributed by atoms with van der Waals surface area (Å²) in [6.07, 6.45) is 1.56. The summed E-state index contributed by atoms with van der Waals surface area (Å²) >= 11 is 1.61. The molecule has 0 spiro atoms. The number of ether oxygens (including phenoxy) is 1. The normalized spacial score (nSPS) is 10.9. The molecule has 0 aliphatic heterocycles. The zero-order chi connectivity index (χ0) is 16.4. The fourth-order valence-electron chi connectivity index (χ4n) is 2.19. The van der Waals surface area contributed by atoms with Crippen molar-refractivity contribution in [2.45, 2.75) is 13.5 Å². The van der Waals surface area contributed by atoms with Crippen molar-refractivity contribution in [1.29, 1.82) is 0 Å². The van der Waals surface area contributed by atoms with Crippen LogP contribution >= 0.6 is 11.3 Å². The number of thiophene rings is 1. The lowest BCUT2D eigenvalue weighted by Crippen LogP contribution is -1.97. The second kappa shape index (κ2) is 6.25. The number of anilines is 2. The molecule has 24 heavy (non-hydrogen) atoms. The minimum absolute atomic E-state index is 0.245. The lowest BCUT2D eigenvalue weighted by molar-refractivity contribution is 0.242. The van der Waals surface area contributed by atoms with Gasteiger partial charge in [0.15, 0.2) is 18.2 Å². The van der Waals surface area contributed by atoms with Crippen LogP contribution in [0.15, 0.2) is 46.6 Å². The number of benzene rings is 1. The van der Waals surface area contributed by atoms with Gasteiger partial charge in [0.05, 0.1) is 10.2 Å². The maximum absolute atomic E-state index is 5.62. The Hall–Kier alpha value is -3.00. The molecule has 0 saturated heterocycles. The molecular formula is C16H13N5O2S. The molecule has 1 aromatic carbocycles. The zero-order valence-corrected chi connectivity index (χ0v) is 13.6. The van der Waals surface area contributed by atoms with Crippen LogP contribution in [0.5, 0.6) is 5.75 Å². The first-order valence-electron chi connectivity index (χ1n) is 7.25. The van der Waals surface area contributed by atoms with Gasteiger partial charge in [0.2, 0.25) is 0 Å². The van der Waals surface area contributed by atoms with Crippen molar-refractivity contribution in [2.24, 2.45) is 0 Å². The van der Waals surface area contributed by atoms with Crippen LogP contribution in [0, 0.1) is 6.92 Å². The van der Waals surface area contributed by atoms with E-state index in [2.05, 4.69) is 25.4 Å². The number of fused-ring (bicyclic) bond motifs is 1. The Morgan fingerprint density at radius 2 is 2.04 bits per heavy atom. The smallest absolute Gasteiger partial charge is 0.264 e. The molecule has 0 saturated carbocycles. The highest BCUT2D eigenvalue weighted by Crippen LogP contribution is 2.28. The van der Waals surface area contributed by atoms with Crippen LogP contribution in [0.4, 0.5) is 11.5 Å². The Labute approximate surface area is 141 Å². The van der Waals surface area contributed by atoms with Gasteiger partial charge in [-0.05, 0) is 42.6 Å². The summed E-state index contributed by atoms with van der Waals surface area (Å²) in [6, 6.07) is 9.58. The number of hydrogen-bond acceptors (Lipinski definition) is 8. The average Bonchev–Trinajstić information content (AvgIpc) is 3.23. The van der Waals surface area contributed by atoms with E-state index in [9.17, 15) is 0 Å². The summed E-state index contributed by atoms with van der Waals surface area (Å²) in [5.74, 6) is 2.57. The predicted octanol–water partition coefficient (Wildman–Crippen LogP) is 3.71. The quantitative estimate of drug-likeness (QED) is 0.593. The van der Waals surface area contributed by atoms with Gasteiger partial charge in [-0.3, -0.25) is 0 Å². The molecule has 0 radical (unpaired) electrons. The molecule has 0 unspecified atom stereocenters. The highest BCUT2D eigenvalue weighted by atomic mass is 32.1. The summed E-state index contributed by atoms with van der Waals surface area (Å²) in [6.45, 7) is 2.01. The molecular weight excluding hydrogens is 326 g/mol. The highest BCUT2D eigenvalue weighted by Gasteiger charge is 2.06. The van der Waals surface area contributed by atoms with Gasteiger partial charge < -0.3 is 14.6 Å². The summed E-state index contributed by atoms with van der Waals surface area (Å²) in [5.41, 5.74) is 1.86. The standard InChI is InChI=1S/C16H13N5O2S/c1-10-19-14(23-21-10)8-22-12-4-2-11(3-5-12)20-16-15-13(6-7-24-15)17-9-18-16/h2-7,9H,8H2,1H3,(H,17,18,20). The fourth-order valence-corrected chi connectivity index (χ4v) is 2.98. The van der Waals surface area contributed by atoms with Crippen LogP contribution in [0.25, 0.3) is 10.2 Å². The second-order valence-corrected chi connectivity index (χ2v) is 5.95. The summed E-state index contributed by atoms with van der Waals surface area (Å²) in [7, 11) is 0. The molecule has 3 heterocycles. The molecule has 8 heteroatoms. The molecule has 1 N–H and O–H groups in total. The van der Waals surface area contributed by atoms with Gasteiger partial charge in [-0.2, -0.15) is 4.98 Å². The Morgan fingerprint density at radius 1 is 1.17 bits per heavy atom. The Bertz CT molecular complexity index is 964. The van der Waals surface area contributed by atoms with Crippen molar-refractivity contribution in [1.82, 2.24) is 20.1 Å². The van der Waals surface area contributed by atoms with E-state index >= 15 is 0 Å². The summed E-state index contributed by atoms with van der Waals surface area (Å²) < 4.78 is 11.7. The third-order valence-corrected chi connectivity index (χ3v) is 4.20. The third-order valence-electron chi connectivity index (χ3n) is 3.29. The Morgan fingerprint density at radius 3 is 2.83 bits per heavy atom. The molecule has 7 nitrogen and oxygen atoms in total. The molecule has 0 bridgehead atoms.